The molecule has 3 saturated carbocycles. The highest BCUT2D eigenvalue weighted by molar-refractivity contribution is 5.82. The minimum atomic E-state index is -0.723. The van der Waals surface area contributed by atoms with E-state index < -0.39 is 23.6 Å². The largest absolute Gasteiger partial charge is 0.481 e. The maximum Gasteiger partial charge on any atom is 0.314 e. The van der Waals surface area contributed by atoms with Crippen LogP contribution in [0.3, 0.4) is 0 Å². The number of aliphatic hydroxyl groups excluding tert-OH is 2. The summed E-state index contributed by atoms with van der Waals surface area (Å²) in [5.74, 6) is 0.576. The molecule has 0 radical (unpaired) electrons. The Balaban J connectivity index is 1.66. The average molecular weight is 471 g/mol. The van der Waals surface area contributed by atoms with E-state index >= 15 is 0 Å². The van der Waals surface area contributed by atoms with Crippen LogP contribution in [0.25, 0.3) is 0 Å². The van der Waals surface area contributed by atoms with Crippen LogP contribution in [-0.4, -0.2) is 33.5 Å². The molecule has 0 aliphatic heterocycles. The Morgan fingerprint density at radius 1 is 0.971 bits per heavy atom. The van der Waals surface area contributed by atoms with Gasteiger partial charge in [-0.15, -0.1) is 0 Å². The second-order valence-electron chi connectivity index (χ2n) is 14.2. The molecule has 4 nitrogen and oxygen atoms in total. The zero-order valence-corrected chi connectivity index (χ0v) is 22.4. The number of hydrogen-bond donors (Lipinski definition) is 3. The van der Waals surface area contributed by atoms with Gasteiger partial charge in [0.05, 0.1) is 17.6 Å². The van der Waals surface area contributed by atoms with Crippen LogP contribution in [0.2, 0.25) is 0 Å². The summed E-state index contributed by atoms with van der Waals surface area (Å²) in [4.78, 5) is 12.8. The highest BCUT2D eigenvalue weighted by Gasteiger charge is 2.69. The topological polar surface area (TPSA) is 77.8 Å². The first-order valence-corrected chi connectivity index (χ1v) is 13.7. The van der Waals surface area contributed by atoms with E-state index in [1.165, 1.54) is 16.7 Å². The standard InChI is InChI=1S/C30H46O4/c1-17-10-13-30(25(33)34)15-14-28(6)19(23(30)18(17)2)8-9-22-27(5)16-20(31)24(32)26(3,4)21(27)11-12-29(22,28)7/h8,17,20-22,24,31-32H,9-16H2,1-7H3,(H,33,34)/t17-,20?,21+,22-,24?,27+,28-,29-,30+/m1/s1. The third-order valence-electron chi connectivity index (χ3n) is 12.7. The van der Waals surface area contributed by atoms with Gasteiger partial charge in [0, 0.05) is 0 Å². The number of fused-ring (bicyclic) bond motifs is 7. The Bertz CT molecular complexity index is 976. The fourth-order valence-electron chi connectivity index (χ4n) is 10.4. The van der Waals surface area contributed by atoms with Gasteiger partial charge in [0.1, 0.15) is 0 Å². The van der Waals surface area contributed by atoms with Crippen molar-refractivity contribution in [2.45, 2.75) is 112 Å². The van der Waals surface area contributed by atoms with Gasteiger partial charge in [0.15, 0.2) is 0 Å². The third-order valence-corrected chi connectivity index (χ3v) is 12.7. The van der Waals surface area contributed by atoms with Gasteiger partial charge in [-0.1, -0.05) is 53.2 Å². The van der Waals surface area contributed by atoms with Crippen molar-refractivity contribution in [3.8, 4) is 0 Å². The number of rotatable bonds is 1. The van der Waals surface area contributed by atoms with Gasteiger partial charge >= 0.3 is 5.97 Å². The van der Waals surface area contributed by atoms with Gasteiger partial charge in [-0.05, 0) is 109 Å². The number of hydrogen-bond acceptors (Lipinski definition) is 3. The number of aliphatic hydroxyl groups is 2. The van der Waals surface area contributed by atoms with Crippen molar-refractivity contribution in [2.75, 3.05) is 0 Å². The van der Waals surface area contributed by atoms with E-state index in [4.69, 9.17) is 0 Å². The van der Waals surface area contributed by atoms with Crippen molar-refractivity contribution in [3.05, 3.63) is 22.8 Å². The van der Waals surface area contributed by atoms with Crippen LogP contribution in [0.4, 0.5) is 0 Å². The van der Waals surface area contributed by atoms with E-state index in [-0.39, 0.29) is 21.7 Å². The van der Waals surface area contributed by atoms with Crippen molar-refractivity contribution in [1.82, 2.24) is 0 Å². The zero-order valence-electron chi connectivity index (χ0n) is 22.4. The van der Waals surface area contributed by atoms with E-state index in [2.05, 4.69) is 54.5 Å². The smallest absolute Gasteiger partial charge is 0.314 e. The summed E-state index contributed by atoms with van der Waals surface area (Å²) in [6, 6.07) is 0. The second kappa shape index (κ2) is 7.22. The molecule has 5 aliphatic rings. The molecule has 3 N–H and O–H groups in total. The molecule has 0 aromatic carbocycles. The van der Waals surface area contributed by atoms with Crippen molar-refractivity contribution >= 4 is 5.97 Å². The first-order valence-electron chi connectivity index (χ1n) is 13.7. The summed E-state index contributed by atoms with van der Waals surface area (Å²) in [5.41, 5.74) is 2.68. The first kappa shape index (κ1) is 24.6. The predicted molar refractivity (Wildman–Crippen MR) is 134 cm³/mol. The first-order chi connectivity index (χ1) is 15.7. The van der Waals surface area contributed by atoms with E-state index in [0.717, 1.165) is 44.9 Å². The Hall–Kier alpha value is -1.13. The summed E-state index contributed by atoms with van der Waals surface area (Å²) >= 11 is 0. The van der Waals surface area contributed by atoms with E-state index in [9.17, 15) is 20.1 Å². The van der Waals surface area contributed by atoms with Crippen molar-refractivity contribution in [3.63, 3.8) is 0 Å². The van der Waals surface area contributed by atoms with Gasteiger partial charge in [0.2, 0.25) is 0 Å². The number of carboxylic acid groups (broad SMARTS) is 1. The summed E-state index contributed by atoms with van der Waals surface area (Å²) in [7, 11) is 0. The lowest BCUT2D eigenvalue weighted by Crippen LogP contribution is -2.66. The molecule has 4 heteroatoms. The van der Waals surface area contributed by atoms with Gasteiger partial charge < -0.3 is 15.3 Å². The summed E-state index contributed by atoms with van der Waals surface area (Å²) < 4.78 is 0. The molecule has 2 unspecified atom stereocenters. The fraction of sp³-hybridized carbons (Fsp3) is 0.833. The van der Waals surface area contributed by atoms with Crippen LogP contribution in [0, 0.1) is 44.8 Å². The molecule has 190 valence electrons. The van der Waals surface area contributed by atoms with Crippen LogP contribution in [0.15, 0.2) is 22.8 Å². The summed E-state index contributed by atoms with van der Waals surface area (Å²) in [6.45, 7) is 16.0. The van der Waals surface area contributed by atoms with Crippen molar-refractivity contribution in [2.24, 2.45) is 44.8 Å². The molecular weight excluding hydrogens is 424 g/mol. The lowest BCUT2D eigenvalue weighted by Gasteiger charge is -2.70. The van der Waals surface area contributed by atoms with Crippen molar-refractivity contribution < 1.29 is 20.1 Å². The molecule has 5 rings (SSSR count). The normalized spacial score (nSPS) is 52.0. The molecular formula is C30H46O4. The van der Waals surface area contributed by atoms with Crippen LogP contribution < -0.4 is 0 Å². The molecule has 9 atom stereocenters. The summed E-state index contributed by atoms with van der Waals surface area (Å²) in [5, 5.41) is 32.4. The molecule has 0 bridgehead atoms. The van der Waals surface area contributed by atoms with Gasteiger partial charge in [-0.3, -0.25) is 4.79 Å². The van der Waals surface area contributed by atoms with Crippen LogP contribution in [-0.2, 0) is 4.79 Å². The van der Waals surface area contributed by atoms with E-state index in [1.54, 1.807) is 0 Å². The van der Waals surface area contributed by atoms with Gasteiger partial charge in [-0.25, -0.2) is 0 Å². The molecule has 5 aliphatic carbocycles. The van der Waals surface area contributed by atoms with E-state index in [1.807, 2.05) is 0 Å². The molecule has 34 heavy (non-hydrogen) atoms. The Kier molecular flexibility index (Phi) is 5.21. The number of allylic oxidation sites excluding steroid dienone is 3. The van der Waals surface area contributed by atoms with Crippen LogP contribution in [0.5, 0.6) is 0 Å². The molecule has 0 aromatic heterocycles. The number of carboxylic acids is 1. The fourth-order valence-corrected chi connectivity index (χ4v) is 10.4. The number of carbonyl (C=O) groups is 1. The maximum absolute atomic E-state index is 12.8. The summed E-state index contributed by atoms with van der Waals surface area (Å²) in [6.07, 6.45) is 8.16. The lowest BCUT2D eigenvalue weighted by atomic mass is 9.34. The Labute approximate surface area is 205 Å². The van der Waals surface area contributed by atoms with Crippen LogP contribution in [0.1, 0.15) is 99.8 Å². The van der Waals surface area contributed by atoms with Gasteiger partial charge in [0.25, 0.3) is 0 Å². The highest BCUT2D eigenvalue weighted by Crippen LogP contribution is 2.75. The molecule has 0 saturated heterocycles. The van der Waals surface area contributed by atoms with Crippen LogP contribution >= 0.6 is 0 Å². The van der Waals surface area contributed by atoms with Crippen molar-refractivity contribution in [1.29, 1.82) is 0 Å². The minimum Gasteiger partial charge on any atom is -0.481 e. The lowest BCUT2D eigenvalue weighted by molar-refractivity contribution is -0.227. The molecule has 0 aromatic rings. The Morgan fingerprint density at radius 2 is 1.65 bits per heavy atom. The monoisotopic (exact) mass is 470 g/mol. The molecule has 0 heterocycles. The average Bonchev–Trinajstić information content (AvgIpc) is 2.75. The molecule has 0 amide bonds. The molecule has 0 spiro atoms. The van der Waals surface area contributed by atoms with E-state index in [0.29, 0.717) is 24.2 Å². The third kappa shape index (κ3) is 2.71. The predicted octanol–water partition coefficient (Wildman–Crippen LogP) is 6.12. The SMILES string of the molecule is CC1=C2C3=CC[C@@H]4[C@@]5(C)CC(O)C(O)C(C)(C)[C@@H]5CC[C@@]4(C)[C@]3(C)CC[C@@]2(C(=O)O)CC[C@H]1C. The number of aliphatic carboxylic acids is 1. The maximum atomic E-state index is 12.8. The minimum absolute atomic E-state index is 0.0407. The second-order valence-corrected chi connectivity index (χ2v) is 14.2. The highest BCUT2D eigenvalue weighted by atomic mass is 16.4. The van der Waals surface area contributed by atoms with Gasteiger partial charge in [-0.2, -0.15) is 0 Å². The zero-order chi connectivity index (χ0) is 25.1. The quantitative estimate of drug-likeness (QED) is 0.431. The molecule has 3 fully saturated rings. The Morgan fingerprint density at radius 3 is 2.29 bits per heavy atom.